The highest BCUT2D eigenvalue weighted by atomic mass is 19.1. The SMILES string of the molecule is CCCNC(=O)c1ccc(C)c(-c2nc(NCCCN(CC)CC)nc3c2CNC(=O)N3c2c(F)cccc2F)c1.O=C(O)/C=C/C(=O)O. The van der Waals surface area contributed by atoms with E-state index in [1.807, 2.05) is 19.9 Å². The molecular formula is C34H41F2N7O6. The molecule has 0 fully saturated rings. The molecule has 2 heterocycles. The van der Waals surface area contributed by atoms with Gasteiger partial charge < -0.3 is 31.1 Å². The van der Waals surface area contributed by atoms with E-state index in [1.54, 1.807) is 12.1 Å². The molecule has 4 rings (SSSR count). The summed E-state index contributed by atoms with van der Waals surface area (Å²) < 4.78 is 29.9. The highest BCUT2D eigenvalue weighted by Gasteiger charge is 2.34. The van der Waals surface area contributed by atoms with Gasteiger partial charge in [0.2, 0.25) is 5.95 Å². The van der Waals surface area contributed by atoms with Crippen molar-refractivity contribution in [2.24, 2.45) is 0 Å². The van der Waals surface area contributed by atoms with Crippen LogP contribution >= 0.6 is 0 Å². The highest BCUT2D eigenvalue weighted by Crippen LogP contribution is 2.39. The van der Waals surface area contributed by atoms with E-state index in [0.717, 1.165) is 55.1 Å². The number of carboxylic acids is 2. The molecule has 0 spiro atoms. The van der Waals surface area contributed by atoms with Crippen molar-refractivity contribution in [3.63, 3.8) is 0 Å². The Bertz CT molecular complexity index is 1660. The minimum Gasteiger partial charge on any atom is -0.478 e. The van der Waals surface area contributed by atoms with Crippen LogP contribution in [0, 0.1) is 18.6 Å². The normalized spacial score (nSPS) is 12.2. The Hall–Kier alpha value is -5.44. The van der Waals surface area contributed by atoms with E-state index in [9.17, 15) is 28.0 Å². The molecule has 262 valence electrons. The predicted molar refractivity (Wildman–Crippen MR) is 181 cm³/mol. The summed E-state index contributed by atoms with van der Waals surface area (Å²) in [5.74, 6) is -4.22. The maximum Gasteiger partial charge on any atom is 0.328 e. The molecule has 1 aliphatic heterocycles. The predicted octanol–water partition coefficient (Wildman–Crippen LogP) is 5.09. The van der Waals surface area contributed by atoms with Gasteiger partial charge in [-0.2, -0.15) is 4.98 Å². The van der Waals surface area contributed by atoms with Crippen LogP contribution in [-0.2, 0) is 16.1 Å². The number of urea groups is 1. The number of hydrogen-bond donors (Lipinski definition) is 5. The van der Waals surface area contributed by atoms with Crippen molar-refractivity contribution >= 4 is 41.3 Å². The van der Waals surface area contributed by atoms with Gasteiger partial charge in [-0.3, -0.25) is 4.79 Å². The molecule has 0 saturated heterocycles. The molecule has 1 aliphatic rings. The van der Waals surface area contributed by atoms with E-state index in [4.69, 9.17) is 15.2 Å². The first-order valence-electron chi connectivity index (χ1n) is 15.8. The van der Waals surface area contributed by atoms with Crippen molar-refractivity contribution in [2.75, 3.05) is 42.9 Å². The van der Waals surface area contributed by atoms with Crippen molar-refractivity contribution < 1.29 is 38.2 Å². The molecule has 0 radical (unpaired) electrons. The second-order valence-corrected chi connectivity index (χ2v) is 10.9. The summed E-state index contributed by atoms with van der Waals surface area (Å²) >= 11 is 0. The molecule has 0 atom stereocenters. The zero-order valence-corrected chi connectivity index (χ0v) is 27.8. The number of carbonyl (C=O) groups excluding carboxylic acids is 2. The van der Waals surface area contributed by atoms with Gasteiger partial charge in [0.15, 0.2) is 5.82 Å². The lowest BCUT2D eigenvalue weighted by Gasteiger charge is -2.31. The summed E-state index contributed by atoms with van der Waals surface area (Å²) in [5.41, 5.74) is 2.38. The fourth-order valence-corrected chi connectivity index (χ4v) is 4.92. The Morgan fingerprint density at radius 1 is 1.00 bits per heavy atom. The Morgan fingerprint density at radius 3 is 2.24 bits per heavy atom. The Labute approximate surface area is 283 Å². The summed E-state index contributed by atoms with van der Waals surface area (Å²) in [4.78, 5) is 57.6. The second-order valence-electron chi connectivity index (χ2n) is 10.9. The lowest BCUT2D eigenvalue weighted by atomic mass is 9.97. The molecule has 0 bridgehead atoms. The van der Waals surface area contributed by atoms with Gasteiger partial charge in [-0.15, -0.1) is 0 Å². The number of amides is 3. The zero-order chi connectivity index (χ0) is 36.1. The van der Waals surface area contributed by atoms with E-state index >= 15 is 0 Å². The van der Waals surface area contributed by atoms with Gasteiger partial charge in [-0.1, -0.05) is 32.9 Å². The van der Waals surface area contributed by atoms with Gasteiger partial charge >= 0.3 is 18.0 Å². The van der Waals surface area contributed by atoms with Crippen LogP contribution in [0.2, 0.25) is 0 Å². The van der Waals surface area contributed by atoms with E-state index in [1.165, 1.54) is 6.07 Å². The number of nitrogens with zero attached hydrogens (tertiary/aromatic N) is 4. The average molecular weight is 682 g/mol. The average Bonchev–Trinajstić information content (AvgIpc) is 3.07. The van der Waals surface area contributed by atoms with Crippen LogP contribution in [0.4, 0.5) is 31.0 Å². The molecule has 0 aliphatic carbocycles. The molecule has 49 heavy (non-hydrogen) atoms. The zero-order valence-electron chi connectivity index (χ0n) is 27.8. The minimum absolute atomic E-state index is 0.0456. The van der Waals surface area contributed by atoms with Gasteiger partial charge in [-0.05, 0) is 69.2 Å². The number of nitrogens with one attached hydrogen (secondary N) is 3. The molecule has 3 amide bonds. The molecule has 0 saturated carbocycles. The molecule has 13 nitrogen and oxygen atoms in total. The Balaban J connectivity index is 0.000000723. The third-order valence-electron chi connectivity index (χ3n) is 7.47. The summed E-state index contributed by atoms with van der Waals surface area (Å²) in [7, 11) is 0. The molecule has 0 unspecified atom stereocenters. The number of halogens is 2. The molecule has 15 heteroatoms. The van der Waals surface area contributed by atoms with Gasteiger partial charge in [-0.25, -0.2) is 33.0 Å². The molecular weight excluding hydrogens is 640 g/mol. The fourth-order valence-electron chi connectivity index (χ4n) is 4.92. The van der Waals surface area contributed by atoms with Crippen molar-refractivity contribution in [2.45, 2.75) is 47.1 Å². The third-order valence-corrected chi connectivity index (χ3v) is 7.47. The molecule has 1 aromatic heterocycles. The van der Waals surface area contributed by atoms with Gasteiger partial charge in [0.1, 0.15) is 17.3 Å². The number of carboxylic acid groups (broad SMARTS) is 2. The molecule has 2 aromatic carbocycles. The van der Waals surface area contributed by atoms with Gasteiger partial charge in [0.05, 0.1) is 12.2 Å². The van der Waals surface area contributed by atoms with Crippen LogP contribution in [0.5, 0.6) is 0 Å². The molecule has 5 N–H and O–H groups in total. The first-order chi connectivity index (χ1) is 23.4. The maximum atomic E-state index is 15.0. The minimum atomic E-state index is -1.26. The van der Waals surface area contributed by atoms with E-state index in [2.05, 4.69) is 39.7 Å². The van der Waals surface area contributed by atoms with Crippen molar-refractivity contribution in [1.29, 1.82) is 0 Å². The number of hydrogen-bond acceptors (Lipinski definition) is 8. The lowest BCUT2D eigenvalue weighted by molar-refractivity contribution is -0.134. The number of para-hydroxylation sites is 1. The maximum absolute atomic E-state index is 15.0. The largest absolute Gasteiger partial charge is 0.478 e. The summed E-state index contributed by atoms with van der Waals surface area (Å²) in [6.45, 7) is 12.0. The first kappa shape index (κ1) is 38.0. The van der Waals surface area contributed by atoms with Crippen LogP contribution in [0.1, 0.15) is 55.1 Å². The summed E-state index contributed by atoms with van der Waals surface area (Å²) in [6, 6.07) is 8.04. The number of carbonyl (C=O) groups is 4. The summed E-state index contributed by atoms with van der Waals surface area (Å²) in [6.07, 6.45) is 2.73. The third kappa shape index (κ3) is 10.3. The standard InChI is InChI=1S/C30H37F2N7O2.C4H4O4/c1-5-14-33-28(40)20-13-12-19(4)21(17-20)25-22-18-35-30(41)39(26-23(31)10-8-11-24(26)32)27(22)37-29(36-25)34-15-9-16-38(6-2)7-3;5-3(6)1-2-4(7)8/h8,10-13,17H,5-7,9,14-16,18H2,1-4H3,(H,33,40)(H,35,41)(H,34,36,37);1-2H,(H,5,6)(H,7,8)/b;2-1+. The topological polar surface area (TPSA) is 177 Å². The van der Waals surface area contributed by atoms with Crippen LogP contribution in [-0.4, -0.2) is 81.7 Å². The molecule has 3 aromatic rings. The van der Waals surface area contributed by atoms with Gasteiger partial charge in [0, 0.05) is 41.9 Å². The quantitative estimate of drug-likeness (QED) is 0.114. The van der Waals surface area contributed by atoms with Crippen molar-refractivity contribution in [3.05, 3.63) is 76.9 Å². The highest BCUT2D eigenvalue weighted by molar-refractivity contribution is 6.02. The van der Waals surface area contributed by atoms with Crippen LogP contribution in [0.25, 0.3) is 11.3 Å². The number of benzene rings is 2. The van der Waals surface area contributed by atoms with Crippen molar-refractivity contribution in [3.8, 4) is 11.3 Å². The van der Waals surface area contributed by atoms with Crippen LogP contribution in [0.15, 0.2) is 48.6 Å². The number of aliphatic carboxylic acids is 2. The van der Waals surface area contributed by atoms with Gasteiger partial charge in [0.25, 0.3) is 5.91 Å². The fraction of sp³-hybridized carbons (Fsp3) is 0.353. The summed E-state index contributed by atoms with van der Waals surface area (Å²) in [5, 5.41) is 24.4. The Kier molecular flexibility index (Phi) is 14.1. The van der Waals surface area contributed by atoms with Crippen LogP contribution in [0.3, 0.4) is 0 Å². The number of fused-ring (bicyclic) bond motifs is 1. The number of aromatic nitrogens is 2. The van der Waals surface area contributed by atoms with E-state index in [0.29, 0.717) is 47.6 Å². The monoisotopic (exact) mass is 681 g/mol. The van der Waals surface area contributed by atoms with Crippen molar-refractivity contribution in [1.82, 2.24) is 25.5 Å². The lowest BCUT2D eigenvalue weighted by Crippen LogP contribution is -2.43. The number of anilines is 3. The van der Waals surface area contributed by atoms with E-state index < -0.39 is 35.3 Å². The number of rotatable bonds is 14. The smallest absolute Gasteiger partial charge is 0.328 e. The first-order valence-corrected chi connectivity index (χ1v) is 15.8. The van der Waals surface area contributed by atoms with Crippen LogP contribution < -0.4 is 20.9 Å². The second kappa shape index (κ2) is 18.2. The number of aryl methyl sites for hydroxylation is 1. The Morgan fingerprint density at radius 2 is 1.65 bits per heavy atom. The van der Waals surface area contributed by atoms with E-state index in [-0.39, 0.29) is 24.2 Å².